The van der Waals surface area contributed by atoms with Crippen molar-refractivity contribution in [2.24, 2.45) is 5.92 Å². The molecular weight excluding hydrogens is 231 g/mol. The first-order valence-electron chi connectivity index (χ1n) is 6.30. The summed E-state index contributed by atoms with van der Waals surface area (Å²) in [4.78, 5) is 11.9. The molecule has 3 N–H and O–H groups in total. The van der Waals surface area contributed by atoms with Gasteiger partial charge in [0.1, 0.15) is 5.82 Å². The van der Waals surface area contributed by atoms with Gasteiger partial charge in [0.2, 0.25) is 0 Å². The predicted octanol–water partition coefficient (Wildman–Crippen LogP) is 2.96. The minimum Gasteiger partial charge on any atom is -0.396 e. The first-order chi connectivity index (χ1) is 8.43. The van der Waals surface area contributed by atoms with E-state index in [1.165, 1.54) is 18.2 Å². The van der Waals surface area contributed by atoms with E-state index in [0.29, 0.717) is 11.5 Å². The Bertz CT molecular complexity index is 420. The summed E-state index contributed by atoms with van der Waals surface area (Å²) in [5.74, 6) is -0.143. The van der Waals surface area contributed by atoms with E-state index in [0.717, 1.165) is 12.8 Å². The van der Waals surface area contributed by atoms with Crippen molar-refractivity contribution >= 4 is 11.6 Å². The van der Waals surface area contributed by atoms with Crippen molar-refractivity contribution in [3.05, 3.63) is 29.6 Å². The highest BCUT2D eigenvalue weighted by Gasteiger charge is 2.13. The van der Waals surface area contributed by atoms with Crippen molar-refractivity contribution in [2.75, 3.05) is 5.73 Å². The van der Waals surface area contributed by atoms with Gasteiger partial charge in [-0.1, -0.05) is 20.3 Å². The number of benzene rings is 1. The van der Waals surface area contributed by atoms with Crippen molar-refractivity contribution in [2.45, 2.75) is 39.7 Å². The van der Waals surface area contributed by atoms with Crippen LogP contribution in [0.3, 0.4) is 0 Å². The molecule has 2 unspecified atom stereocenters. The van der Waals surface area contributed by atoms with Gasteiger partial charge in [-0.25, -0.2) is 4.39 Å². The van der Waals surface area contributed by atoms with Crippen molar-refractivity contribution in [3.63, 3.8) is 0 Å². The first-order valence-corrected chi connectivity index (χ1v) is 6.30. The highest BCUT2D eigenvalue weighted by Crippen LogP contribution is 2.13. The lowest BCUT2D eigenvalue weighted by Crippen LogP contribution is -2.33. The van der Waals surface area contributed by atoms with Gasteiger partial charge in [-0.3, -0.25) is 4.79 Å². The molecule has 0 bridgehead atoms. The molecule has 0 heterocycles. The summed E-state index contributed by atoms with van der Waals surface area (Å²) in [6.07, 6.45) is 2.02. The summed E-state index contributed by atoms with van der Waals surface area (Å²) in [6.45, 7) is 6.25. The predicted molar refractivity (Wildman–Crippen MR) is 71.8 cm³/mol. The number of nitrogens with one attached hydrogen (secondary N) is 1. The molecule has 0 aliphatic carbocycles. The Labute approximate surface area is 108 Å². The third-order valence-corrected chi connectivity index (χ3v) is 3.09. The number of hydrogen-bond acceptors (Lipinski definition) is 2. The van der Waals surface area contributed by atoms with E-state index in [-0.39, 0.29) is 17.6 Å². The molecule has 2 atom stereocenters. The normalized spacial score (nSPS) is 14.0. The Kier molecular flexibility index (Phi) is 5.13. The van der Waals surface area contributed by atoms with Gasteiger partial charge in [0.15, 0.2) is 0 Å². The van der Waals surface area contributed by atoms with Crippen molar-refractivity contribution < 1.29 is 9.18 Å². The van der Waals surface area contributed by atoms with Gasteiger partial charge in [0.25, 0.3) is 5.91 Å². The van der Waals surface area contributed by atoms with E-state index < -0.39 is 5.82 Å². The van der Waals surface area contributed by atoms with E-state index in [1.54, 1.807) is 0 Å². The van der Waals surface area contributed by atoms with E-state index >= 15 is 0 Å². The van der Waals surface area contributed by atoms with Crippen LogP contribution in [0.15, 0.2) is 18.2 Å². The minimum atomic E-state index is -0.501. The summed E-state index contributed by atoms with van der Waals surface area (Å²) in [5.41, 5.74) is 5.83. The van der Waals surface area contributed by atoms with E-state index in [4.69, 9.17) is 5.73 Å². The molecule has 100 valence electrons. The Hall–Kier alpha value is -1.58. The van der Waals surface area contributed by atoms with Crippen LogP contribution in [0.4, 0.5) is 10.1 Å². The number of halogens is 1. The fraction of sp³-hybridized carbons (Fsp3) is 0.500. The summed E-state index contributed by atoms with van der Waals surface area (Å²) in [5, 5.41) is 2.89. The Balaban J connectivity index is 2.62. The van der Waals surface area contributed by atoms with E-state index in [1.807, 2.05) is 6.92 Å². The second-order valence-electron chi connectivity index (χ2n) is 4.86. The zero-order valence-corrected chi connectivity index (χ0v) is 11.2. The molecule has 0 saturated heterocycles. The topological polar surface area (TPSA) is 55.1 Å². The molecule has 0 spiro atoms. The van der Waals surface area contributed by atoms with Crippen LogP contribution >= 0.6 is 0 Å². The standard InChI is InChI=1S/C14H21FN2O/c1-4-9(2)7-10(3)17-14(18)11-5-6-12(15)13(16)8-11/h5-6,8-10H,4,7,16H2,1-3H3,(H,17,18). The number of anilines is 1. The van der Waals surface area contributed by atoms with Gasteiger partial charge >= 0.3 is 0 Å². The molecule has 3 nitrogen and oxygen atoms in total. The highest BCUT2D eigenvalue weighted by molar-refractivity contribution is 5.95. The first kappa shape index (κ1) is 14.5. The number of rotatable bonds is 5. The molecule has 0 radical (unpaired) electrons. The van der Waals surface area contributed by atoms with Crippen LogP contribution in [0.5, 0.6) is 0 Å². The maximum absolute atomic E-state index is 13.0. The molecule has 0 aliphatic rings. The zero-order valence-electron chi connectivity index (χ0n) is 11.2. The molecule has 0 aliphatic heterocycles. The zero-order chi connectivity index (χ0) is 13.7. The summed E-state index contributed by atoms with van der Waals surface area (Å²) in [6, 6.07) is 4.11. The van der Waals surface area contributed by atoms with Crippen LogP contribution in [0.1, 0.15) is 44.0 Å². The van der Waals surface area contributed by atoms with Crippen molar-refractivity contribution in [1.29, 1.82) is 0 Å². The largest absolute Gasteiger partial charge is 0.396 e. The Morgan fingerprint density at radius 3 is 2.67 bits per heavy atom. The highest BCUT2D eigenvalue weighted by atomic mass is 19.1. The van der Waals surface area contributed by atoms with Gasteiger partial charge in [-0.15, -0.1) is 0 Å². The van der Waals surface area contributed by atoms with Crippen LogP contribution in [0, 0.1) is 11.7 Å². The lowest BCUT2D eigenvalue weighted by molar-refractivity contribution is 0.0935. The number of carbonyl (C=O) groups excluding carboxylic acids is 1. The summed E-state index contributed by atoms with van der Waals surface area (Å²) < 4.78 is 13.0. The quantitative estimate of drug-likeness (QED) is 0.792. The van der Waals surface area contributed by atoms with Crippen LogP contribution in [-0.4, -0.2) is 11.9 Å². The SMILES string of the molecule is CCC(C)CC(C)NC(=O)c1ccc(F)c(N)c1. The second kappa shape index (κ2) is 6.38. The molecule has 4 heteroatoms. The van der Waals surface area contributed by atoms with Gasteiger partial charge in [-0.05, 0) is 37.5 Å². The van der Waals surface area contributed by atoms with Crippen LogP contribution < -0.4 is 11.1 Å². The van der Waals surface area contributed by atoms with E-state index in [9.17, 15) is 9.18 Å². The van der Waals surface area contributed by atoms with Gasteiger partial charge in [0, 0.05) is 11.6 Å². The van der Waals surface area contributed by atoms with Crippen molar-refractivity contribution in [1.82, 2.24) is 5.32 Å². The average Bonchev–Trinajstić information content (AvgIpc) is 2.32. The van der Waals surface area contributed by atoms with Gasteiger partial charge in [-0.2, -0.15) is 0 Å². The summed E-state index contributed by atoms with van der Waals surface area (Å²) in [7, 11) is 0. The maximum atomic E-state index is 13.0. The third kappa shape index (κ3) is 4.02. The monoisotopic (exact) mass is 252 g/mol. The molecule has 0 saturated carbocycles. The number of nitrogen functional groups attached to an aromatic ring is 1. The molecule has 18 heavy (non-hydrogen) atoms. The van der Waals surface area contributed by atoms with Gasteiger partial charge in [0.05, 0.1) is 5.69 Å². The number of nitrogens with two attached hydrogens (primary N) is 1. The Morgan fingerprint density at radius 1 is 1.44 bits per heavy atom. The van der Waals surface area contributed by atoms with Gasteiger partial charge < -0.3 is 11.1 Å². The van der Waals surface area contributed by atoms with Crippen LogP contribution in [0.25, 0.3) is 0 Å². The molecule has 1 rings (SSSR count). The second-order valence-corrected chi connectivity index (χ2v) is 4.86. The molecule has 1 aromatic carbocycles. The molecular formula is C14H21FN2O. The fourth-order valence-corrected chi connectivity index (χ4v) is 1.82. The fourth-order valence-electron chi connectivity index (χ4n) is 1.82. The summed E-state index contributed by atoms with van der Waals surface area (Å²) >= 11 is 0. The molecule has 1 aromatic rings. The molecule has 1 amide bonds. The molecule has 0 fully saturated rings. The number of amides is 1. The lowest BCUT2D eigenvalue weighted by Gasteiger charge is -2.17. The number of hydrogen-bond donors (Lipinski definition) is 2. The smallest absolute Gasteiger partial charge is 0.251 e. The van der Waals surface area contributed by atoms with Crippen molar-refractivity contribution in [3.8, 4) is 0 Å². The Morgan fingerprint density at radius 2 is 2.11 bits per heavy atom. The lowest BCUT2D eigenvalue weighted by atomic mass is 10.00. The third-order valence-electron chi connectivity index (χ3n) is 3.09. The minimum absolute atomic E-state index is 0.00257. The van der Waals surface area contributed by atoms with Crippen LogP contribution in [-0.2, 0) is 0 Å². The maximum Gasteiger partial charge on any atom is 0.251 e. The average molecular weight is 252 g/mol. The number of carbonyl (C=O) groups is 1. The van der Waals surface area contributed by atoms with E-state index in [2.05, 4.69) is 19.2 Å². The van der Waals surface area contributed by atoms with Crippen LogP contribution in [0.2, 0.25) is 0 Å². The molecule has 0 aromatic heterocycles.